The van der Waals surface area contributed by atoms with Gasteiger partial charge in [-0.05, 0) is 19.4 Å². The summed E-state index contributed by atoms with van der Waals surface area (Å²) >= 11 is 0. The van der Waals surface area contributed by atoms with E-state index in [1.165, 1.54) is 6.42 Å². The van der Waals surface area contributed by atoms with Crippen molar-refractivity contribution in [3.8, 4) is 0 Å². The molecule has 0 saturated carbocycles. The second-order valence-electron chi connectivity index (χ2n) is 3.03. The van der Waals surface area contributed by atoms with Crippen LogP contribution < -0.4 is 10.6 Å². The number of carbonyl (C=O) groups excluding carboxylic acids is 1. The molecule has 0 amide bonds. The number of hydrogen-bond donors (Lipinski definition) is 2. The molecule has 2 fully saturated rings. The van der Waals surface area contributed by atoms with Crippen LogP contribution in [-0.4, -0.2) is 31.0 Å². The van der Waals surface area contributed by atoms with Crippen molar-refractivity contribution >= 4 is 5.78 Å². The van der Waals surface area contributed by atoms with Gasteiger partial charge in [0.2, 0.25) is 0 Å². The maximum atomic E-state index is 11.1. The number of rotatable bonds is 0. The van der Waals surface area contributed by atoms with Gasteiger partial charge in [0.1, 0.15) is 0 Å². The lowest BCUT2D eigenvalue weighted by Gasteiger charge is -2.24. The van der Waals surface area contributed by atoms with Crippen LogP contribution in [0.1, 0.15) is 12.8 Å². The first-order valence-corrected chi connectivity index (χ1v) is 3.87. The first-order chi connectivity index (χ1) is 4.88. The summed E-state index contributed by atoms with van der Waals surface area (Å²) < 4.78 is 0. The van der Waals surface area contributed by atoms with Gasteiger partial charge in [-0.25, -0.2) is 0 Å². The van der Waals surface area contributed by atoms with Crippen LogP contribution in [0.5, 0.6) is 0 Å². The normalized spacial score (nSPS) is 39.8. The summed E-state index contributed by atoms with van der Waals surface area (Å²) in [6.07, 6.45) is 2.35. The molecule has 2 atom stereocenters. The largest absolute Gasteiger partial charge is 0.306 e. The standard InChI is InChI=1S/C7H12N2O/c10-6-4-9-5-2-1-3-8-7(5)6/h5,7-9H,1-4H2. The highest BCUT2D eigenvalue weighted by Crippen LogP contribution is 2.13. The Hall–Kier alpha value is -0.410. The minimum Gasteiger partial charge on any atom is -0.306 e. The number of nitrogens with one attached hydrogen (secondary N) is 2. The van der Waals surface area contributed by atoms with Crippen molar-refractivity contribution in [2.45, 2.75) is 24.9 Å². The average Bonchev–Trinajstić information content (AvgIpc) is 2.34. The minimum atomic E-state index is 0.133. The molecule has 56 valence electrons. The van der Waals surface area contributed by atoms with Gasteiger partial charge in [0.05, 0.1) is 12.6 Å². The van der Waals surface area contributed by atoms with Gasteiger partial charge in [-0.2, -0.15) is 0 Å². The van der Waals surface area contributed by atoms with Crippen molar-refractivity contribution < 1.29 is 4.79 Å². The predicted molar refractivity (Wildman–Crippen MR) is 37.8 cm³/mol. The van der Waals surface area contributed by atoms with E-state index < -0.39 is 0 Å². The summed E-state index contributed by atoms with van der Waals surface area (Å²) in [5.41, 5.74) is 0. The van der Waals surface area contributed by atoms with Gasteiger partial charge in [0.15, 0.2) is 5.78 Å². The highest BCUT2D eigenvalue weighted by molar-refractivity contribution is 5.89. The van der Waals surface area contributed by atoms with E-state index in [0.29, 0.717) is 18.4 Å². The lowest BCUT2D eigenvalue weighted by Crippen LogP contribution is -2.47. The van der Waals surface area contributed by atoms with Gasteiger partial charge in [0, 0.05) is 6.04 Å². The minimum absolute atomic E-state index is 0.133. The predicted octanol–water partition coefficient (Wildman–Crippen LogP) is -0.721. The molecule has 2 aliphatic heterocycles. The molecule has 0 aromatic carbocycles. The van der Waals surface area contributed by atoms with Gasteiger partial charge < -0.3 is 10.6 Å². The fourth-order valence-corrected chi connectivity index (χ4v) is 1.79. The zero-order valence-corrected chi connectivity index (χ0v) is 5.89. The summed E-state index contributed by atoms with van der Waals surface area (Å²) in [6, 6.07) is 0.565. The molecule has 0 radical (unpaired) electrons. The van der Waals surface area contributed by atoms with E-state index in [2.05, 4.69) is 10.6 Å². The van der Waals surface area contributed by atoms with Crippen LogP contribution in [-0.2, 0) is 4.79 Å². The second kappa shape index (κ2) is 2.32. The third-order valence-corrected chi connectivity index (χ3v) is 2.34. The van der Waals surface area contributed by atoms with E-state index in [1.807, 2.05) is 0 Å². The molecule has 3 nitrogen and oxygen atoms in total. The summed E-state index contributed by atoms with van der Waals surface area (Å²) in [5, 5.41) is 6.42. The molecule has 2 saturated heterocycles. The molecule has 2 N–H and O–H groups in total. The summed E-state index contributed by atoms with van der Waals surface area (Å²) in [5.74, 6) is 0.338. The number of piperidine rings is 1. The Bertz CT molecular complexity index is 158. The van der Waals surface area contributed by atoms with Crippen LogP contribution in [0.2, 0.25) is 0 Å². The molecule has 0 bridgehead atoms. The van der Waals surface area contributed by atoms with E-state index in [1.54, 1.807) is 0 Å². The van der Waals surface area contributed by atoms with Crippen LogP contribution in [0.15, 0.2) is 0 Å². The first-order valence-electron chi connectivity index (χ1n) is 3.87. The molecule has 0 aromatic heterocycles. The Kier molecular flexibility index (Phi) is 1.47. The number of Topliss-reactive ketones (excluding diaryl/α,β-unsaturated/α-hetero) is 1. The number of ketones is 1. The lowest BCUT2D eigenvalue weighted by molar-refractivity contribution is -0.118. The van der Waals surface area contributed by atoms with Crippen LogP contribution in [0.4, 0.5) is 0 Å². The van der Waals surface area contributed by atoms with Crippen LogP contribution in [0, 0.1) is 0 Å². The van der Waals surface area contributed by atoms with Crippen LogP contribution >= 0.6 is 0 Å². The van der Waals surface area contributed by atoms with Gasteiger partial charge in [-0.15, -0.1) is 0 Å². The molecule has 2 unspecified atom stereocenters. The molecular weight excluding hydrogens is 128 g/mol. The summed E-state index contributed by atoms with van der Waals surface area (Å²) in [6.45, 7) is 1.58. The highest BCUT2D eigenvalue weighted by Gasteiger charge is 2.35. The Balaban J connectivity index is 2.08. The van der Waals surface area contributed by atoms with Crippen LogP contribution in [0.25, 0.3) is 0 Å². The van der Waals surface area contributed by atoms with E-state index in [0.717, 1.165) is 13.0 Å². The lowest BCUT2D eigenvalue weighted by atomic mass is 10.00. The first kappa shape index (κ1) is 6.31. The maximum Gasteiger partial charge on any atom is 0.165 e. The van der Waals surface area contributed by atoms with E-state index in [4.69, 9.17) is 0 Å². The third-order valence-electron chi connectivity index (χ3n) is 2.34. The Morgan fingerprint density at radius 3 is 3.10 bits per heavy atom. The third kappa shape index (κ3) is 0.859. The Morgan fingerprint density at radius 1 is 1.40 bits per heavy atom. The molecule has 0 aliphatic carbocycles. The van der Waals surface area contributed by atoms with Gasteiger partial charge >= 0.3 is 0 Å². The monoisotopic (exact) mass is 140 g/mol. The Morgan fingerprint density at radius 2 is 2.30 bits per heavy atom. The van der Waals surface area contributed by atoms with Crippen molar-refractivity contribution in [3.63, 3.8) is 0 Å². The SMILES string of the molecule is O=C1CNC2CCCNC12. The van der Waals surface area contributed by atoms with Gasteiger partial charge in [-0.1, -0.05) is 0 Å². The van der Waals surface area contributed by atoms with Crippen molar-refractivity contribution in [1.82, 2.24) is 10.6 Å². The van der Waals surface area contributed by atoms with E-state index in [9.17, 15) is 4.79 Å². The zero-order chi connectivity index (χ0) is 6.97. The molecule has 2 rings (SSSR count). The molecule has 0 aromatic rings. The van der Waals surface area contributed by atoms with Gasteiger partial charge in [-0.3, -0.25) is 4.79 Å². The summed E-state index contributed by atoms with van der Waals surface area (Å²) in [4.78, 5) is 11.1. The highest BCUT2D eigenvalue weighted by atomic mass is 16.1. The summed E-state index contributed by atoms with van der Waals surface area (Å²) in [7, 11) is 0. The fourth-order valence-electron chi connectivity index (χ4n) is 1.79. The van der Waals surface area contributed by atoms with E-state index in [-0.39, 0.29) is 6.04 Å². The molecule has 2 aliphatic rings. The fraction of sp³-hybridized carbons (Fsp3) is 0.857. The quantitative estimate of drug-likeness (QED) is 0.466. The number of carbonyl (C=O) groups is 1. The van der Waals surface area contributed by atoms with Crippen molar-refractivity contribution in [2.24, 2.45) is 0 Å². The zero-order valence-electron chi connectivity index (χ0n) is 5.89. The Labute approximate surface area is 60.2 Å². The maximum absolute atomic E-state index is 11.1. The molecule has 10 heavy (non-hydrogen) atoms. The molecule has 3 heteroatoms. The van der Waals surface area contributed by atoms with Crippen molar-refractivity contribution in [2.75, 3.05) is 13.1 Å². The molecule has 0 spiro atoms. The van der Waals surface area contributed by atoms with E-state index >= 15 is 0 Å². The number of hydrogen-bond acceptors (Lipinski definition) is 3. The van der Waals surface area contributed by atoms with Crippen molar-refractivity contribution in [1.29, 1.82) is 0 Å². The van der Waals surface area contributed by atoms with Crippen LogP contribution in [0.3, 0.4) is 0 Å². The van der Waals surface area contributed by atoms with Gasteiger partial charge in [0.25, 0.3) is 0 Å². The average molecular weight is 140 g/mol. The topological polar surface area (TPSA) is 41.1 Å². The second-order valence-corrected chi connectivity index (χ2v) is 3.03. The van der Waals surface area contributed by atoms with Crippen molar-refractivity contribution in [3.05, 3.63) is 0 Å². The number of fused-ring (bicyclic) bond motifs is 1. The molecular formula is C7H12N2O. The molecule has 2 heterocycles. The smallest absolute Gasteiger partial charge is 0.165 e.